The zero-order valence-corrected chi connectivity index (χ0v) is 16.3. The second kappa shape index (κ2) is 7.14. The highest BCUT2D eigenvalue weighted by Gasteiger charge is 2.46. The first-order valence-corrected chi connectivity index (χ1v) is 9.32. The third-order valence-electron chi connectivity index (χ3n) is 4.84. The molecule has 1 saturated carbocycles. The minimum atomic E-state index is -1.34. The van der Waals surface area contributed by atoms with Crippen LogP contribution in [-0.4, -0.2) is 51.4 Å². The van der Waals surface area contributed by atoms with Gasteiger partial charge in [0, 0.05) is 0 Å². The van der Waals surface area contributed by atoms with Crippen molar-refractivity contribution in [2.75, 3.05) is 11.6 Å². The molecule has 7 nitrogen and oxygen atoms in total. The Morgan fingerprint density at radius 3 is 2.52 bits per heavy atom. The van der Waals surface area contributed by atoms with Crippen LogP contribution in [0.1, 0.15) is 56.8 Å². The summed E-state index contributed by atoms with van der Waals surface area (Å²) in [5, 5.41) is 8.81. The molecule has 27 heavy (non-hydrogen) atoms. The Bertz CT molecular complexity index is 768. The summed E-state index contributed by atoms with van der Waals surface area (Å²) in [5.41, 5.74) is -1.02. The van der Waals surface area contributed by atoms with Crippen LogP contribution in [-0.2, 0) is 4.74 Å². The van der Waals surface area contributed by atoms with Gasteiger partial charge < -0.3 is 14.7 Å². The van der Waals surface area contributed by atoms with Gasteiger partial charge in [0.05, 0.1) is 24.3 Å². The Hall–Kier alpha value is -2.09. The largest absolute Gasteiger partial charge is 0.478 e. The van der Waals surface area contributed by atoms with E-state index in [1.54, 1.807) is 30.6 Å². The summed E-state index contributed by atoms with van der Waals surface area (Å²) < 4.78 is 20.1. The normalized spacial score (nSPS) is 22.6. The topological polar surface area (TPSA) is 83.0 Å². The Kier molecular flexibility index (Phi) is 5.20. The van der Waals surface area contributed by atoms with E-state index < -0.39 is 23.5 Å². The second-order valence-electron chi connectivity index (χ2n) is 7.92. The van der Waals surface area contributed by atoms with E-state index in [-0.39, 0.29) is 35.3 Å². The predicted molar refractivity (Wildman–Crippen MR) is 97.6 cm³/mol. The number of nitrogens with zero attached hydrogens (tertiary/aromatic N) is 3. The molecule has 1 N–H and O–H groups in total. The minimum absolute atomic E-state index is 0.0343. The lowest BCUT2D eigenvalue weighted by molar-refractivity contribution is 0.0200. The van der Waals surface area contributed by atoms with E-state index in [0.717, 1.165) is 31.7 Å². The maximum atomic E-state index is 14.6. The van der Waals surface area contributed by atoms with Crippen molar-refractivity contribution in [1.82, 2.24) is 9.88 Å². The van der Waals surface area contributed by atoms with Gasteiger partial charge in [-0.3, -0.25) is 4.90 Å². The van der Waals surface area contributed by atoms with Crippen LogP contribution in [0.4, 0.5) is 15.0 Å². The highest BCUT2D eigenvalue weighted by molar-refractivity contribution is 6.32. The molecule has 0 unspecified atom stereocenters. The summed E-state index contributed by atoms with van der Waals surface area (Å²) >= 11 is 5.95. The van der Waals surface area contributed by atoms with Gasteiger partial charge in [0.15, 0.2) is 11.6 Å². The summed E-state index contributed by atoms with van der Waals surface area (Å²) in [4.78, 5) is 31.1. The van der Waals surface area contributed by atoms with Gasteiger partial charge in [0.2, 0.25) is 0 Å². The lowest BCUT2D eigenvalue weighted by atomic mass is 9.90. The molecule has 2 atom stereocenters. The van der Waals surface area contributed by atoms with Gasteiger partial charge in [-0.2, -0.15) is 0 Å². The van der Waals surface area contributed by atoms with Gasteiger partial charge in [-0.15, -0.1) is 0 Å². The van der Waals surface area contributed by atoms with Crippen molar-refractivity contribution in [3.8, 4) is 0 Å². The number of halogens is 2. The SMILES string of the molecule is CC(C)(C)OC(=O)N1CN(c2nc(Cl)c(C(=O)O)cc2F)[C@@H]2CCCC[C@@H]21. The molecule has 9 heteroatoms. The number of ether oxygens (including phenoxy) is 1. The number of anilines is 1. The molecule has 1 aromatic heterocycles. The van der Waals surface area contributed by atoms with Gasteiger partial charge in [-0.1, -0.05) is 24.4 Å². The Morgan fingerprint density at radius 1 is 1.30 bits per heavy atom. The third kappa shape index (κ3) is 3.95. The van der Waals surface area contributed by atoms with Crippen molar-refractivity contribution < 1.29 is 23.8 Å². The molecule has 1 aliphatic carbocycles. The second-order valence-corrected chi connectivity index (χ2v) is 8.28. The van der Waals surface area contributed by atoms with Crippen LogP contribution in [0, 0.1) is 5.82 Å². The first-order chi connectivity index (χ1) is 12.6. The van der Waals surface area contributed by atoms with Gasteiger partial charge in [0.1, 0.15) is 10.8 Å². The summed E-state index contributed by atoms with van der Waals surface area (Å²) in [5.74, 6) is -2.15. The van der Waals surface area contributed by atoms with Crippen molar-refractivity contribution in [1.29, 1.82) is 0 Å². The van der Waals surface area contributed by atoms with Gasteiger partial charge in [-0.25, -0.2) is 19.0 Å². The van der Waals surface area contributed by atoms with E-state index >= 15 is 0 Å². The predicted octanol–water partition coefficient (Wildman–Crippen LogP) is 3.90. The number of carbonyl (C=O) groups is 2. The number of pyridine rings is 1. The van der Waals surface area contributed by atoms with Crippen molar-refractivity contribution >= 4 is 29.5 Å². The fourth-order valence-corrected chi connectivity index (χ4v) is 3.95. The molecule has 148 valence electrons. The molecular weight excluding hydrogens is 377 g/mol. The van der Waals surface area contributed by atoms with Crippen LogP contribution in [0.2, 0.25) is 5.15 Å². The number of hydrogen-bond acceptors (Lipinski definition) is 5. The molecule has 1 aliphatic heterocycles. The molecule has 0 aromatic carbocycles. The summed E-state index contributed by atoms with van der Waals surface area (Å²) in [6, 6.07) is 0.661. The van der Waals surface area contributed by atoms with Crippen LogP contribution < -0.4 is 4.90 Å². The van der Waals surface area contributed by atoms with Gasteiger partial charge >= 0.3 is 12.1 Å². The Morgan fingerprint density at radius 2 is 1.93 bits per heavy atom. The number of hydrogen-bond donors (Lipinski definition) is 1. The van der Waals surface area contributed by atoms with Crippen molar-refractivity contribution in [3.05, 3.63) is 22.6 Å². The quantitative estimate of drug-likeness (QED) is 0.759. The number of carboxylic acids is 1. The monoisotopic (exact) mass is 399 g/mol. The van der Waals surface area contributed by atoms with Gasteiger partial charge in [0.25, 0.3) is 0 Å². The molecule has 0 radical (unpaired) electrons. The first kappa shape index (κ1) is 19.7. The Labute approximate surface area is 162 Å². The summed E-state index contributed by atoms with van der Waals surface area (Å²) in [7, 11) is 0. The Balaban J connectivity index is 1.93. The number of carboxylic acid groups (broad SMARTS) is 1. The minimum Gasteiger partial charge on any atom is -0.478 e. The summed E-state index contributed by atoms with van der Waals surface area (Å²) in [6.45, 7) is 5.51. The van der Waals surface area contributed by atoms with Crippen molar-refractivity contribution in [3.63, 3.8) is 0 Å². The molecule has 1 saturated heterocycles. The number of rotatable bonds is 2. The number of fused-ring (bicyclic) bond motifs is 1. The van der Waals surface area contributed by atoms with Crippen LogP contribution in [0.25, 0.3) is 0 Å². The zero-order chi connectivity index (χ0) is 19.9. The fourth-order valence-electron chi connectivity index (χ4n) is 3.74. The molecular formula is C18H23ClFN3O4. The van der Waals surface area contributed by atoms with E-state index in [9.17, 15) is 14.0 Å². The van der Waals surface area contributed by atoms with Crippen LogP contribution in [0.15, 0.2) is 6.07 Å². The number of carbonyl (C=O) groups excluding carboxylic acids is 1. The van der Waals surface area contributed by atoms with E-state index in [1.807, 2.05) is 0 Å². The lowest BCUT2D eigenvalue weighted by Crippen LogP contribution is -2.44. The fraction of sp³-hybridized carbons (Fsp3) is 0.611. The molecule has 2 aliphatic rings. The standard InChI is InChI=1S/C18H23ClFN3O4/c1-18(2,3)27-17(26)23-9-22(12-6-4-5-7-13(12)23)15-11(20)8-10(16(24)25)14(19)21-15/h8,12-13H,4-7,9H2,1-3H3,(H,24,25)/t12-,13+/m1/s1. The average molecular weight is 400 g/mol. The highest BCUT2D eigenvalue weighted by Crippen LogP contribution is 2.37. The maximum absolute atomic E-state index is 14.6. The molecule has 2 fully saturated rings. The third-order valence-corrected chi connectivity index (χ3v) is 5.13. The number of aromatic nitrogens is 1. The van der Waals surface area contributed by atoms with Crippen molar-refractivity contribution in [2.45, 2.75) is 64.1 Å². The highest BCUT2D eigenvalue weighted by atomic mass is 35.5. The maximum Gasteiger partial charge on any atom is 0.412 e. The van der Waals surface area contributed by atoms with E-state index in [2.05, 4.69) is 4.98 Å². The zero-order valence-electron chi connectivity index (χ0n) is 15.5. The number of amides is 1. The van der Waals surface area contributed by atoms with Crippen LogP contribution >= 0.6 is 11.6 Å². The first-order valence-electron chi connectivity index (χ1n) is 8.94. The molecule has 1 aromatic rings. The molecule has 2 heterocycles. The molecule has 1 amide bonds. The average Bonchev–Trinajstić information content (AvgIpc) is 2.94. The lowest BCUT2D eigenvalue weighted by Gasteiger charge is -2.33. The smallest absolute Gasteiger partial charge is 0.412 e. The van der Waals surface area contributed by atoms with Crippen molar-refractivity contribution in [2.24, 2.45) is 0 Å². The van der Waals surface area contributed by atoms with E-state index in [0.29, 0.717) is 0 Å². The van der Waals surface area contributed by atoms with E-state index in [4.69, 9.17) is 21.4 Å². The summed E-state index contributed by atoms with van der Waals surface area (Å²) in [6.07, 6.45) is 3.06. The van der Waals surface area contributed by atoms with E-state index in [1.165, 1.54) is 0 Å². The van der Waals surface area contributed by atoms with Crippen LogP contribution in [0.5, 0.6) is 0 Å². The van der Waals surface area contributed by atoms with Gasteiger partial charge in [-0.05, 0) is 39.7 Å². The molecule has 0 spiro atoms. The molecule has 0 bridgehead atoms. The van der Waals surface area contributed by atoms with Crippen LogP contribution in [0.3, 0.4) is 0 Å². The molecule has 3 rings (SSSR count). The number of aromatic carboxylic acids is 1.